The number of H-pyrrole nitrogens is 1. The standard InChI is InChI=1S/C36H49N5O5/c1-23(2)34-29-19-26(8-10-30(29)39-35(34)27-9-11-31(45-4)32(20-27)46-5)25-12-17-41(18-13-25)33(43)22-40-16-6-7-28(21-40)36(44)38-15-14-37-24(3)42/h8-11,19-20,23,25,28,39H,6-7,12-18,21-22H2,1-5H3,(H,37,42)(H,38,44). The van der Waals surface area contributed by atoms with Crippen LogP contribution in [0.4, 0.5) is 0 Å². The molecular formula is C36H49N5O5. The van der Waals surface area contributed by atoms with Crippen molar-refractivity contribution in [2.24, 2.45) is 5.92 Å². The predicted molar refractivity (Wildman–Crippen MR) is 180 cm³/mol. The number of rotatable bonds is 11. The molecule has 10 heteroatoms. The smallest absolute Gasteiger partial charge is 0.236 e. The summed E-state index contributed by atoms with van der Waals surface area (Å²) in [6, 6.07) is 12.8. The van der Waals surface area contributed by atoms with E-state index in [2.05, 4.69) is 58.6 Å². The molecule has 1 unspecified atom stereocenters. The van der Waals surface area contributed by atoms with Crippen LogP contribution in [0.25, 0.3) is 22.2 Å². The van der Waals surface area contributed by atoms with Crippen molar-refractivity contribution >= 4 is 28.6 Å². The van der Waals surface area contributed by atoms with Gasteiger partial charge in [-0.15, -0.1) is 0 Å². The fourth-order valence-corrected chi connectivity index (χ4v) is 7.04. The van der Waals surface area contributed by atoms with E-state index in [1.165, 1.54) is 23.4 Å². The summed E-state index contributed by atoms with van der Waals surface area (Å²) in [6.45, 7) is 10.0. The number of likely N-dealkylation sites (tertiary alicyclic amines) is 2. The number of fused-ring (bicyclic) bond motifs is 1. The third-order valence-electron chi connectivity index (χ3n) is 9.46. The van der Waals surface area contributed by atoms with Gasteiger partial charge in [0.25, 0.3) is 0 Å². The molecule has 1 aromatic heterocycles. The third kappa shape index (κ3) is 7.66. The molecule has 0 saturated carbocycles. The Balaban J connectivity index is 1.19. The van der Waals surface area contributed by atoms with E-state index < -0.39 is 0 Å². The maximum Gasteiger partial charge on any atom is 0.236 e. The van der Waals surface area contributed by atoms with E-state index in [0.29, 0.717) is 49.5 Å². The molecule has 46 heavy (non-hydrogen) atoms. The first kappa shape index (κ1) is 33.3. The normalized spacial score (nSPS) is 17.7. The fourth-order valence-electron chi connectivity index (χ4n) is 7.04. The van der Waals surface area contributed by atoms with Crippen LogP contribution >= 0.6 is 0 Å². The summed E-state index contributed by atoms with van der Waals surface area (Å²) >= 11 is 0. The second kappa shape index (κ2) is 15.0. The Morgan fingerprint density at radius 3 is 2.37 bits per heavy atom. The summed E-state index contributed by atoms with van der Waals surface area (Å²) in [6.07, 6.45) is 3.58. The number of aromatic nitrogens is 1. The molecule has 2 aromatic carbocycles. The van der Waals surface area contributed by atoms with Gasteiger partial charge in [0, 0.05) is 56.1 Å². The highest BCUT2D eigenvalue weighted by Gasteiger charge is 2.30. The lowest BCUT2D eigenvalue weighted by Gasteiger charge is -2.36. The third-order valence-corrected chi connectivity index (χ3v) is 9.46. The van der Waals surface area contributed by atoms with Gasteiger partial charge in [0.1, 0.15) is 0 Å². The van der Waals surface area contributed by atoms with Gasteiger partial charge in [-0.1, -0.05) is 19.9 Å². The summed E-state index contributed by atoms with van der Waals surface area (Å²) in [5, 5.41) is 6.86. The number of benzene rings is 2. The number of methoxy groups -OCH3 is 2. The number of carbonyl (C=O) groups is 3. The molecule has 0 aliphatic carbocycles. The van der Waals surface area contributed by atoms with E-state index in [1.807, 2.05) is 17.0 Å². The number of aromatic amines is 1. The molecule has 2 fully saturated rings. The highest BCUT2D eigenvalue weighted by molar-refractivity contribution is 5.92. The van der Waals surface area contributed by atoms with Gasteiger partial charge in [-0.2, -0.15) is 0 Å². The highest BCUT2D eigenvalue weighted by atomic mass is 16.5. The molecule has 3 amide bonds. The molecule has 10 nitrogen and oxygen atoms in total. The van der Waals surface area contributed by atoms with E-state index in [0.717, 1.165) is 62.1 Å². The first-order valence-electron chi connectivity index (χ1n) is 16.6. The van der Waals surface area contributed by atoms with Gasteiger partial charge in [0.15, 0.2) is 11.5 Å². The topological polar surface area (TPSA) is 116 Å². The summed E-state index contributed by atoms with van der Waals surface area (Å²) < 4.78 is 11.0. The molecule has 1 atom stereocenters. The van der Waals surface area contributed by atoms with Crippen molar-refractivity contribution in [2.45, 2.75) is 58.3 Å². The Labute approximate surface area is 272 Å². The maximum absolute atomic E-state index is 13.3. The van der Waals surface area contributed by atoms with Crippen LogP contribution in [0.1, 0.15) is 69.4 Å². The van der Waals surface area contributed by atoms with Crippen LogP contribution in [0.3, 0.4) is 0 Å². The molecule has 0 bridgehead atoms. The van der Waals surface area contributed by atoms with Crippen LogP contribution < -0.4 is 20.1 Å². The number of carbonyl (C=O) groups excluding carboxylic acids is 3. The number of amides is 3. The lowest BCUT2D eigenvalue weighted by molar-refractivity contribution is -0.135. The Bertz CT molecular complexity index is 1540. The monoisotopic (exact) mass is 631 g/mol. The van der Waals surface area contributed by atoms with Crippen LogP contribution in [-0.4, -0.2) is 92.5 Å². The summed E-state index contributed by atoms with van der Waals surface area (Å²) in [4.78, 5) is 44.8. The van der Waals surface area contributed by atoms with Gasteiger partial charge in [0.2, 0.25) is 17.7 Å². The van der Waals surface area contributed by atoms with E-state index in [9.17, 15) is 14.4 Å². The zero-order chi connectivity index (χ0) is 32.8. The largest absolute Gasteiger partial charge is 0.493 e. The fraction of sp³-hybridized carbons (Fsp3) is 0.528. The Hall–Kier alpha value is -4.05. The number of ether oxygens (including phenoxy) is 2. The molecule has 3 aromatic rings. The van der Waals surface area contributed by atoms with Crippen molar-refractivity contribution in [1.29, 1.82) is 0 Å². The quantitative estimate of drug-likeness (QED) is 0.266. The highest BCUT2D eigenvalue weighted by Crippen LogP contribution is 2.40. The Kier molecular flexibility index (Phi) is 10.9. The van der Waals surface area contributed by atoms with Crippen molar-refractivity contribution in [3.63, 3.8) is 0 Å². The number of nitrogens with zero attached hydrogens (tertiary/aromatic N) is 2. The Morgan fingerprint density at radius 1 is 0.935 bits per heavy atom. The molecule has 3 N–H and O–H groups in total. The van der Waals surface area contributed by atoms with E-state index in [-0.39, 0.29) is 23.6 Å². The minimum Gasteiger partial charge on any atom is -0.493 e. The molecule has 248 valence electrons. The van der Waals surface area contributed by atoms with Gasteiger partial charge >= 0.3 is 0 Å². The van der Waals surface area contributed by atoms with Crippen LogP contribution in [0.2, 0.25) is 0 Å². The summed E-state index contributed by atoms with van der Waals surface area (Å²) in [7, 11) is 3.31. The zero-order valence-electron chi connectivity index (χ0n) is 27.9. The van der Waals surface area contributed by atoms with Crippen molar-refractivity contribution in [2.75, 3.05) is 60.0 Å². The summed E-state index contributed by atoms with van der Waals surface area (Å²) in [5.74, 6) is 2.03. The van der Waals surface area contributed by atoms with Gasteiger partial charge < -0.3 is 30.0 Å². The number of piperidine rings is 2. The van der Waals surface area contributed by atoms with Crippen LogP contribution in [0, 0.1) is 5.92 Å². The molecule has 0 radical (unpaired) electrons. The predicted octanol–water partition coefficient (Wildman–Crippen LogP) is 4.65. The van der Waals surface area contributed by atoms with Gasteiger partial charge in [-0.05, 0) is 85.5 Å². The minimum atomic E-state index is -0.129. The van der Waals surface area contributed by atoms with E-state index in [1.54, 1.807) is 14.2 Å². The summed E-state index contributed by atoms with van der Waals surface area (Å²) in [5.41, 5.74) is 5.89. The van der Waals surface area contributed by atoms with Crippen molar-refractivity contribution < 1.29 is 23.9 Å². The second-order valence-electron chi connectivity index (χ2n) is 12.9. The van der Waals surface area contributed by atoms with Crippen molar-refractivity contribution in [3.8, 4) is 22.8 Å². The van der Waals surface area contributed by atoms with Crippen LogP contribution in [-0.2, 0) is 14.4 Å². The van der Waals surface area contributed by atoms with Gasteiger partial charge in [-0.3, -0.25) is 19.3 Å². The molecule has 2 saturated heterocycles. The number of nitrogens with one attached hydrogen (secondary N) is 3. The number of hydrogen-bond acceptors (Lipinski definition) is 6. The molecule has 0 spiro atoms. The first-order chi connectivity index (χ1) is 22.2. The van der Waals surface area contributed by atoms with Crippen molar-refractivity contribution in [1.82, 2.24) is 25.4 Å². The SMILES string of the molecule is COc1ccc(-c2[nH]c3ccc(C4CCN(C(=O)CN5CCCC(C(=O)NCCNC(C)=O)C5)CC4)cc3c2C(C)C)cc1OC. The van der Waals surface area contributed by atoms with Gasteiger partial charge in [0.05, 0.1) is 32.4 Å². The molecule has 2 aliphatic rings. The lowest BCUT2D eigenvalue weighted by atomic mass is 9.87. The molecular weight excluding hydrogens is 582 g/mol. The zero-order valence-corrected chi connectivity index (χ0v) is 27.9. The average Bonchev–Trinajstić information content (AvgIpc) is 3.45. The van der Waals surface area contributed by atoms with E-state index in [4.69, 9.17) is 9.47 Å². The number of hydrogen-bond donors (Lipinski definition) is 3. The average molecular weight is 632 g/mol. The minimum absolute atomic E-state index is 0.000762. The second-order valence-corrected chi connectivity index (χ2v) is 12.9. The van der Waals surface area contributed by atoms with Crippen molar-refractivity contribution in [3.05, 3.63) is 47.5 Å². The molecule has 5 rings (SSSR count). The maximum atomic E-state index is 13.3. The molecule has 3 heterocycles. The van der Waals surface area contributed by atoms with E-state index >= 15 is 0 Å². The first-order valence-corrected chi connectivity index (χ1v) is 16.6. The van der Waals surface area contributed by atoms with Crippen LogP contribution in [0.15, 0.2) is 36.4 Å². The molecule has 2 aliphatic heterocycles. The van der Waals surface area contributed by atoms with Crippen LogP contribution in [0.5, 0.6) is 11.5 Å². The van der Waals surface area contributed by atoms with Gasteiger partial charge in [-0.25, -0.2) is 0 Å². The lowest BCUT2D eigenvalue weighted by Crippen LogP contribution is -2.49. The Morgan fingerprint density at radius 2 is 1.67 bits per heavy atom.